The molecule has 0 aliphatic heterocycles. The van der Waals surface area contributed by atoms with Gasteiger partial charge in [-0.3, -0.25) is 0 Å². The number of benzene rings is 2. The van der Waals surface area contributed by atoms with Crippen molar-refractivity contribution in [2.45, 2.75) is 13.0 Å². The second-order valence-electron chi connectivity index (χ2n) is 4.49. The third kappa shape index (κ3) is 3.15. The Kier molecular flexibility index (Phi) is 4.02. The quantitative estimate of drug-likeness (QED) is 0.889. The lowest BCUT2D eigenvalue weighted by Gasteiger charge is -2.16. The van der Waals surface area contributed by atoms with E-state index in [4.69, 9.17) is 10.4 Å². The van der Waals surface area contributed by atoms with Gasteiger partial charge in [0.05, 0.1) is 17.2 Å². The van der Waals surface area contributed by atoms with Crippen LogP contribution in [-0.4, -0.2) is 11.1 Å². The van der Waals surface area contributed by atoms with Crippen molar-refractivity contribution < 1.29 is 9.90 Å². The molecule has 0 bridgehead atoms. The van der Waals surface area contributed by atoms with Crippen LogP contribution in [-0.2, 0) is 0 Å². The Labute approximate surface area is 117 Å². The third-order valence-corrected chi connectivity index (χ3v) is 3.03. The number of carboxylic acids is 1. The van der Waals surface area contributed by atoms with E-state index in [1.165, 1.54) is 0 Å². The van der Waals surface area contributed by atoms with Gasteiger partial charge in [-0.2, -0.15) is 5.26 Å². The van der Waals surface area contributed by atoms with Crippen molar-refractivity contribution in [1.29, 1.82) is 5.26 Å². The Bertz CT molecular complexity index is 657. The van der Waals surface area contributed by atoms with Crippen LogP contribution in [0.25, 0.3) is 0 Å². The summed E-state index contributed by atoms with van der Waals surface area (Å²) in [5.74, 6) is -0.939. The van der Waals surface area contributed by atoms with Gasteiger partial charge < -0.3 is 10.4 Å². The number of rotatable bonds is 4. The second kappa shape index (κ2) is 5.89. The number of nitriles is 1. The molecule has 0 radical (unpaired) electrons. The van der Waals surface area contributed by atoms with Crippen molar-refractivity contribution in [2.24, 2.45) is 0 Å². The first-order valence-corrected chi connectivity index (χ1v) is 6.20. The Morgan fingerprint density at radius 2 is 1.95 bits per heavy atom. The minimum atomic E-state index is -0.939. The summed E-state index contributed by atoms with van der Waals surface area (Å²) in [5, 5.41) is 21.0. The van der Waals surface area contributed by atoms with Crippen LogP contribution in [0.5, 0.6) is 0 Å². The highest BCUT2D eigenvalue weighted by Crippen LogP contribution is 2.20. The lowest BCUT2D eigenvalue weighted by Crippen LogP contribution is -2.07. The Morgan fingerprint density at radius 1 is 1.25 bits per heavy atom. The highest BCUT2D eigenvalue weighted by atomic mass is 16.4. The van der Waals surface area contributed by atoms with Crippen LogP contribution in [0, 0.1) is 11.3 Å². The number of carboxylic acid groups (broad SMARTS) is 1. The minimum Gasteiger partial charge on any atom is -0.478 e. The summed E-state index contributed by atoms with van der Waals surface area (Å²) >= 11 is 0. The van der Waals surface area contributed by atoms with Crippen molar-refractivity contribution in [1.82, 2.24) is 0 Å². The largest absolute Gasteiger partial charge is 0.478 e. The summed E-state index contributed by atoms with van der Waals surface area (Å²) in [6.07, 6.45) is 0. The maximum Gasteiger partial charge on any atom is 0.335 e. The molecule has 0 aliphatic rings. The summed E-state index contributed by atoms with van der Waals surface area (Å²) in [6, 6.07) is 16.1. The predicted octanol–water partition coefficient (Wildman–Crippen LogP) is 3.43. The average Bonchev–Trinajstić information content (AvgIpc) is 2.47. The molecule has 100 valence electrons. The van der Waals surface area contributed by atoms with Crippen LogP contribution in [0.3, 0.4) is 0 Å². The fourth-order valence-corrected chi connectivity index (χ4v) is 1.92. The van der Waals surface area contributed by atoms with Gasteiger partial charge in [-0.05, 0) is 48.9 Å². The normalized spacial score (nSPS) is 11.4. The van der Waals surface area contributed by atoms with E-state index in [9.17, 15) is 4.79 Å². The van der Waals surface area contributed by atoms with Crippen molar-refractivity contribution in [2.75, 3.05) is 5.32 Å². The molecule has 0 spiro atoms. The highest BCUT2D eigenvalue weighted by molar-refractivity contribution is 5.88. The first kappa shape index (κ1) is 13.6. The van der Waals surface area contributed by atoms with E-state index < -0.39 is 5.97 Å². The van der Waals surface area contributed by atoms with Crippen LogP contribution >= 0.6 is 0 Å². The Hall–Kier alpha value is -2.80. The molecule has 1 atom stereocenters. The van der Waals surface area contributed by atoms with Gasteiger partial charge in [0.2, 0.25) is 0 Å². The van der Waals surface area contributed by atoms with Gasteiger partial charge >= 0.3 is 5.97 Å². The standard InChI is InChI=1S/C16H14N2O2/c1-11(14-4-2-3-12(9-14)10-17)18-15-7-5-13(6-8-15)16(19)20/h2-9,11,18H,1H3,(H,19,20). The Balaban J connectivity index is 2.12. The van der Waals surface area contributed by atoms with E-state index in [-0.39, 0.29) is 11.6 Å². The molecular formula is C16H14N2O2. The SMILES string of the molecule is CC(Nc1ccc(C(=O)O)cc1)c1cccc(C#N)c1. The summed E-state index contributed by atoms with van der Waals surface area (Å²) in [7, 11) is 0. The molecule has 1 unspecified atom stereocenters. The van der Waals surface area contributed by atoms with E-state index in [0.717, 1.165) is 11.3 Å². The van der Waals surface area contributed by atoms with Crippen LogP contribution in [0.2, 0.25) is 0 Å². The lowest BCUT2D eigenvalue weighted by molar-refractivity contribution is 0.0697. The first-order chi connectivity index (χ1) is 9.60. The molecule has 4 nitrogen and oxygen atoms in total. The molecule has 0 saturated carbocycles. The van der Waals surface area contributed by atoms with E-state index in [2.05, 4.69) is 11.4 Å². The van der Waals surface area contributed by atoms with E-state index >= 15 is 0 Å². The summed E-state index contributed by atoms with van der Waals surface area (Å²) < 4.78 is 0. The number of aromatic carboxylic acids is 1. The minimum absolute atomic E-state index is 0.0268. The number of nitrogens with zero attached hydrogens (tertiary/aromatic N) is 1. The zero-order valence-electron chi connectivity index (χ0n) is 11.0. The fourth-order valence-electron chi connectivity index (χ4n) is 1.92. The van der Waals surface area contributed by atoms with Crippen molar-refractivity contribution in [3.05, 3.63) is 65.2 Å². The molecule has 2 N–H and O–H groups in total. The maximum absolute atomic E-state index is 10.8. The molecule has 2 aromatic rings. The molecule has 4 heteroatoms. The number of anilines is 1. The molecule has 0 saturated heterocycles. The Morgan fingerprint density at radius 3 is 2.55 bits per heavy atom. The second-order valence-corrected chi connectivity index (χ2v) is 4.49. The van der Waals surface area contributed by atoms with Gasteiger partial charge in [0.15, 0.2) is 0 Å². The fraction of sp³-hybridized carbons (Fsp3) is 0.125. The molecule has 0 fully saturated rings. The molecule has 0 amide bonds. The van der Waals surface area contributed by atoms with Crippen molar-refractivity contribution in [3.8, 4) is 6.07 Å². The molecule has 0 aromatic heterocycles. The first-order valence-electron chi connectivity index (χ1n) is 6.20. The van der Waals surface area contributed by atoms with Gasteiger partial charge in [-0.1, -0.05) is 12.1 Å². The number of hydrogen-bond donors (Lipinski definition) is 2. The topological polar surface area (TPSA) is 73.1 Å². The van der Waals surface area contributed by atoms with Crippen LogP contribution in [0.4, 0.5) is 5.69 Å². The van der Waals surface area contributed by atoms with E-state index in [1.807, 2.05) is 25.1 Å². The van der Waals surface area contributed by atoms with Gasteiger partial charge in [0, 0.05) is 11.7 Å². The molecule has 20 heavy (non-hydrogen) atoms. The molecule has 2 rings (SSSR count). The van der Waals surface area contributed by atoms with Crippen LogP contribution in [0.15, 0.2) is 48.5 Å². The zero-order chi connectivity index (χ0) is 14.5. The van der Waals surface area contributed by atoms with Gasteiger partial charge in [-0.15, -0.1) is 0 Å². The number of carbonyl (C=O) groups is 1. The zero-order valence-corrected chi connectivity index (χ0v) is 11.0. The average molecular weight is 266 g/mol. The highest BCUT2D eigenvalue weighted by Gasteiger charge is 2.07. The van der Waals surface area contributed by atoms with E-state index in [0.29, 0.717) is 5.56 Å². The summed E-state index contributed by atoms with van der Waals surface area (Å²) in [5.41, 5.74) is 2.73. The smallest absolute Gasteiger partial charge is 0.335 e. The third-order valence-electron chi connectivity index (χ3n) is 3.03. The van der Waals surface area contributed by atoms with Gasteiger partial charge in [-0.25, -0.2) is 4.79 Å². The van der Waals surface area contributed by atoms with Crippen molar-refractivity contribution in [3.63, 3.8) is 0 Å². The van der Waals surface area contributed by atoms with Crippen LogP contribution in [0.1, 0.15) is 34.5 Å². The predicted molar refractivity (Wildman–Crippen MR) is 76.6 cm³/mol. The lowest BCUT2D eigenvalue weighted by atomic mass is 10.1. The monoisotopic (exact) mass is 266 g/mol. The summed E-state index contributed by atoms with van der Waals surface area (Å²) in [4.78, 5) is 10.8. The molecular weight excluding hydrogens is 252 g/mol. The van der Waals surface area contributed by atoms with Gasteiger partial charge in [0.25, 0.3) is 0 Å². The van der Waals surface area contributed by atoms with Crippen LogP contribution < -0.4 is 5.32 Å². The summed E-state index contributed by atoms with van der Waals surface area (Å²) in [6.45, 7) is 1.99. The number of nitrogens with one attached hydrogen (secondary N) is 1. The molecule has 0 heterocycles. The number of hydrogen-bond acceptors (Lipinski definition) is 3. The van der Waals surface area contributed by atoms with Crippen molar-refractivity contribution >= 4 is 11.7 Å². The van der Waals surface area contributed by atoms with Gasteiger partial charge in [0.1, 0.15) is 0 Å². The molecule has 2 aromatic carbocycles. The van der Waals surface area contributed by atoms with E-state index in [1.54, 1.807) is 30.3 Å². The molecule has 0 aliphatic carbocycles. The maximum atomic E-state index is 10.8.